The van der Waals surface area contributed by atoms with Crippen molar-refractivity contribution in [2.45, 2.75) is 47.0 Å². The van der Waals surface area contributed by atoms with Gasteiger partial charge in [0.1, 0.15) is 0 Å². The predicted molar refractivity (Wildman–Crippen MR) is 76.5 cm³/mol. The van der Waals surface area contributed by atoms with Gasteiger partial charge in [-0.3, -0.25) is 14.9 Å². The fourth-order valence-corrected chi connectivity index (χ4v) is 2.31. The molecule has 0 aliphatic heterocycles. The van der Waals surface area contributed by atoms with Gasteiger partial charge >= 0.3 is 0 Å². The maximum atomic E-state index is 12.0. The Kier molecular flexibility index (Phi) is 3.88. The summed E-state index contributed by atoms with van der Waals surface area (Å²) < 4.78 is 0. The van der Waals surface area contributed by atoms with E-state index in [1.807, 2.05) is 27.7 Å². The summed E-state index contributed by atoms with van der Waals surface area (Å²) >= 11 is 0. The van der Waals surface area contributed by atoms with E-state index in [4.69, 9.17) is 0 Å². The molecule has 1 unspecified atom stereocenters. The molecule has 0 aromatic carbocycles. The highest BCUT2D eigenvalue weighted by Gasteiger charge is 2.32. The molecule has 2 rings (SSSR count). The first-order chi connectivity index (χ1) is 9.32. The molecule has 0 fully saturated rings. The molecule has 5 heteroatoms. The first kappa shape index (κ1) is 14.6. The van der Waals surface area contributed by atoms with Crippen molar-refractivity contribution < 1.29 is 9.59 Å². The molecule has 108 valence electrons. The number of ketones is 1. The van der Waals surface area contributed by atoms with Crippen molar-refractivity contribution in [3.05, 3.63) is 17.5 Å². The molecule has 1 aliphatic carbocycles. The summed E-state index contributed by atoms with van der Waals surface area (Å²) in [6, 6.07) is 0. The van der Waals surface area contributed by atoms with Gasteiger partial charge in [-0.15, -0.1) is 0 Å². The third kappa shape index (κ3) is 3.03. The van der Waals surface area contributed by atoms with Crippen LogP contribution in [0.25, 0.3) is 0 Å². The van der Waals surface area contributed by atoms with Crippen molar-refractivity contribution in [2.75, 3.05) is 5.32 Å². The average Bonchev–Trinajstić information content (AvgIpc) is 2.35. The molecular formula is C15H21N3O2. The van der Waals surface area contributed by atoms with Crippen LogP contribution in [0.3, 0.4) is 0 Å². The second-order valence-corrected chi connectivity index (χ2v) is 6.29. The standard InChI is InChI=1S/C15H21N3O2/c1-5-9(2)13(20)18-14-16-8-10-11(17-14)6-15(3,4)7-12(10)19/h8-9H,5-7H2,1-4H3,(H,16,17,18,20). The molecule has 0 spiro atoms. The highest BCUT2D eigenvalue weighted by atomic mass is 16.2. The molecule has 1 amide bonds. The Morgan fingerprint density at radius 1 is 1.45 bits per heavy atom. The number of hydrogen-bond acceptors (Lipinski definition) is 4. The second kappa shape index (κ2) is 5.31. The van der Waals surface area contributed by atoms with Crippen molar-refractivity contribution in [3.63, 3.8) is 0 Å². The Morgan fingerprint density at radius 3 is 2.80 bits per heavy atom. The van der Waals surface area contributed by atoms with Crippen molar-refractivity contribution in [1.82, 2.24) is 9.97 Å². The summed E-state index contributed by atoms with van der Waals surface area (Å²) in [6.07, 6.45) is 3.54. The monoisotopic (exact) mass is 275 g/mol. The molecule has 1 atom stereocenters. The van der Waals surface area contributed by atoms with Gasteiger partial charge in [0.2, 0.25) is 11.9 Å². The maximum absolute atomic E-state index is 12.0. The smallest absolute Gasteiger partial charge is 0.229 e. The fourth-order valence-electron chi connectivity index (χ4n) is 2.31. The van der Waals surface area contributed by atoms with E-state index in [0.717, 1.165) is 18.5 Å². The minimum absolute atomic E-state index is 0.0762. The fraction of sp³-hybridized carbons (Fsp3) is 0.600. The average molecular weight is 275 g/mol. The highest BCUT2D eigenvalue weighted by Crippen LogP contribution is 2.33. The molecule has 0 bridgehead atoms. The Labute approximate surface area is 119 Å². The molecule has 1 heterocycles. The molecule has 0 radical (unpaired) electrons. The highest BCUT2D eigenvalue weighted by molar-refractivity contribution is 5.98. The lowest BCUT2D eigenvalue weighted by Gasteiger charge is -2.29. The van der Waals surface area contributed by atoms with E-state index in [1.54, 1.807) is 0 Å². The lowest BCUT2D eigenvalue weighted by molar-refractivity contribution is -0.119. The zero-order valence-corrected chi connectivity index (χ0v) is 12.5. The molecule has 1 aliphatic rings. The van der Waals surface area contributed by atoms with Crippen LogP contribution in [-0.2, 0) is 11.2 Å². The van der Waals surface area contributed by atoms with E-state index in [2.05, 4.69) is 15.3 Å². The summed E-state index contributed by atoms with van der Waals surface area (Å²) in [5.41, 5.74) is 1.24. The normalized spacial score (nSPS) is 18.3. The van der Waals surface area contributed by atoms with Gasteiger partial charge in [0.05, 0.1) is 11.3 Å². The molecule has 1 aromatic heterocycles. The Morgan fingerprint density at radius 2 is 2.15 bits per heavy atom. The van der Waals surface area contributed by atoms with E-state index in [-0.39, 0.29) is 23.0 Å². The lowest BCUT2D eigenvalue weighted by Crippen LogP contribution is -2.29. The Bertz CT molecular complexity index is 552. The van der Waals surface area contributed by atoms with Crippen LogP contribution >= 0.6 is 0 Å². The number of nitrogens with one attached hydrogen (secondary N) is 1. The number of aromatic nitrogens is 2. The topological polar surface area (TPSA) is 72.0 Å². The number of amides is 1. The third-order valence-corrected chi connectivity index (χ3v) is 3.75. The van der Waals surface area contributed by atoms with Gasteiger partial charge in [-0.25, -0.2) is 9.97 Å². The second-order valence-electron chi connectivity index (χ2n) is 6.29. The molecule has 0 saturated carbocycles. The van der Waals surface area contributed by atoms with Crippen LogP contribution in [0, 0.1) is 11.3 Å². The van der Waals surface area contributed by atoms with Crippen LogP contribution in [-0.4, -0.2) is 21.7 Å². The van der Waals surface area contributed by atoms with Gasteiger partial charge in [-0.2, -0.15) is 0 Å². The van der Waals surface area contributed by atoms with Gasteiger partial charge in [0.15, 0.2) is 5.78 Å². The van der Waals surface area contributed by atoms with Crippen LogP contribution in [0.5, 0.6) is 0 Å². The van der Waals surface area contributed by atoms with Crippen molar-refractivity contribution in [1.29, 1.82) is 0 Å². The van der Waals surface area contributed by atoms with Crippen LogP contribution in [0.1, 0.15) is 56.6 Å². The number of anilines is 1. The number of nitrogens with zero attached hydrogens (tertiary/aromatic N) is 2. The van der Waals surface area contributed by atoms with Crippen LogP contribution in [0.2, 0.25) is 0 Å². The molecule has 0 saturated heterocycles. The van der Waals surface area contributed by atoms with E-state index in [0.29, 0.717) is 17.9 Å². The van der Waals surface area contributed by atoms with Crippen molar-refractivity contribution in [3.8, 4) is 0 Å². The van der Waals surface area contributed by atoms with Gasteiger partial charge < -0.3 is 0 Å². The number of hydrogen-bond donors (Lipinski definition) is 1. The first-order valence-corrected chi connectivity index (χ1v) is 7.02. The largest absolute Gasteiger partial charge is 0.294 e. The molecule has 20 heavy (non-hydrogen) atoms. The molecule has 1 N–H and O–H groups in total. The summed E-state index contributed by atoms with van der Waals surface area (Å²) in [5.74, 6) is 0.206. The maximum Gasteiger partial charge on any atom is 0.229 e. The minimum Gasteiger partial charge on any atom is -0.294 e. The molecule has 5 nitrogen and oxygen atoms in total. The van der Waals surface area contributed by atoms with Crippen LogP contribution in [0.15, 0.2) is 6.20 Å². The van der Waals surface area contributed by atoms with E-state index < -0.39 is 0 Å². The van der Waals surface area contributed by atoms with Crippen molar-refractivity contribution in [2.24, 2.45) is 11.3 Å². The summed E-state index contributed by atoms with van der Waals surface area (Å²) in [7, 11) is 0. The summed E-state index contributed by atoms with van der Waals surface area (Å²) in [5, 5.41) is 2.71. The number of Topliss-reactive ketones (excluding diaryl/α,β-unsaturated/α-hetero) is 1. The Hall–Kier alpha value is -1.78. The van der Waals surface area contributed by atoms with Gasteiger partial charge in [0.25, 0.3) is 0 Å². The predicted octanol–water partition coefficient (Wildman–Crippen LogP) is 2.62. The lowest BCUT2D eigenvalue weighted by atomic mass is 9.76. The number of carbonyl (C=O) groups excluding carboxylic acids is 2. The van der Waals surface area contributed by atoms with E-state index in [9.17, 15) is 9.59 Å². The molecular weight excluding hydrogens is 254 g/mol. The number of fused-ring (bicyclic) bond motifs is 1. The van der Waals surface area contributed by atoms with Gasteiger partial charge in [-0.1, -0.05) is 27.7 Å². The van der Waals surface area contributed by atoms with E-state index in [1.165, 1.54) is 6.20 Å². The summed E-state index contributed by atoms with van der Waals surface area (Å²) in [4.78, 5) is 32.3. The number of rotatable bonds is 3. The summed E-state index contributed by atoms with van der Waals surface area (Å²) in [6.45, 7) is 7.92. The zero-order chi connectivity index (χ0) is 14.9. The Balaban J connectivity index is 2.24. The first-order valence-electron chi connectivity index (χ1n) is 7.02. The minimum atomic E-state index is -0.0890. The van der Waals surface area contributed by atoms with Gasteiger partial charge in [-0.05, 0) is 18.3 Å². The SMILES string of the molecule is CCC(C)C(=O)Nc1ncc2c(n1)CC(C)(C)CC2=O. The third-order valence-electron chi connectivity index (χ3n) is 3.75. The zero-order valence-electron chi connectivity index (χ0n) is 12.5. The van der Waals surface area contributed by atoms with Crippen molar-refractivity contribution >= 4 is 17.6 Å². The quantitative estimate of drug-likeness (QED) is 0.920. The number of carbonyl (C=O) groups is 2. The van der Waals surface area contributed by atoms with E-state index >= 15 is 0 Å². The van der Waals surface area contributed by atoms with Crippen LogP contribution in [0.4, 0.5) is 5.95 Å². The van der Waals surface area contributed by atoms with Crippen LogP contribution < -0.4 is 5.32 Å². The molecule has 1 aromatic rings. The van der Waals surface area contributed by atoms with Gasteiger partial charge in [0, 0.05) is 18.5 Å².